The van der Waals surface area contributed by atoms with Gasteiger partial charge in [-0.15, -0.1) is 0 Å². The molecule has 3 rings (SSSR count). The summed E-state index contributed by atoms with van der Waals surface area (Å²) in [5.41, 5.74) is 5.63. The van der Waals surface area contributed by atoms with E-state index in [1.54, 1.807) is 0 Å². The van der Waals surface area contributed by atoms with Gasteiger partial charge in [0.15, 0.2) is 0 Å². The van der Waals surface area contributed by atoms with E-state index in [-0.39, 0.29) is 5.41 Å². The van der Waals surface area contributed by atoms with Gasteiger partial charge in [-0.2, -0.15) is 0 Å². The molecular formula is C17H15Br2. The quantitative estimate of drug-likeness (QED) is 0.591. The van der Waals surface area contributed by atoms with Crippen LogP contribution in [0.1, 0.15) is 30.9 Å². The van der Waals surface area contributed by atoms with E-state index in [0.29, 0.717) is 0 Å². The van der Waals surface area contributed by atoms with Crippen LogP contribution in [0.3, 0.4) is 0 Å². The average Bonchev–Trinajstić information content (AvgIpc) is 2.60. The molecule has 0 saturated carbocycles. The molecule has 1 radical (unpaired) electrons. The molecule has 0 bridgehead atoms. The van der Waals surface area contributed by atoms with Crippen molar-refractivity contribution in [2.24, 2.45) is 0 Å². The van der Waals surface area contributed by atoms with Crippen molar-refractivity contribution in [3.05, 3.63) is 63.4 Å². The molecule has 0 N–H and O–H groups in total. The maximum absolute atomic E-state index is 4.06. The third kappa shape index (κ3) is 2.00. The van der Waals surface area contributed by atoms with Crippen LogP contribution in [-0.4, -0.2) is 0 Å². The van der Waals surface area contributed by atoms with E-state index in [1.807, 2.05) is 0 Å². The average molecular weight is 379 g/mol. The highest BCUT2D eigenvalue weighted by Crippen LogP contribution is 2.52. The fourth-order valence-electron chi connectivity index (χ4n) is 3.18. The molecule has 0 spiro atoms. The molecule has 2 heteroatoms. The van der Waals surface area contributed by atoms with Gasteiger partial charge < -0.3 is 0 Å². The van der Waals surface area contributed by atoms with E-state index in [0.717, 1.165) is 21.8 Å². The Morgan fingerprint density at radius 3 is 1.84 bits per heavy atom. The maximum Gasteiger partial charge on any atom is 0.0187 e. The Kier molecular flexibility index (Phi) is 3.34. The summed E-state index contributed by atoms with van der Waals surface area (Å²) in [4.78, 5) is 0. The first kappa shape index (κ1) is 13.4. The maximum atomic E-state index is 4.06. The third-order valence-electron chi connectivity index (χ3n) is 4.12. The Morgan fingerprint density at radius 1 is 0.947 bits per heavy atom. The molecule has 1 aliphatic rings. The van der Waals surface area contributed by atoms with Crippen LogP contribution < -0.4 is 0 Å². The van der Waals surface area contributed by atoms with Crippen LogP contribution in [0, 0.1) is 6.92 Å². The number of benzene rings is 2. The summed E-state index contributed by atoms with van der Waals surface area (Å²) in [7, 11) is 0. The topological polar surface area (TPSA) is 0 Å². The summed E-state index contributed by atoms with van der Waals surface area (Å²) in [6.07, 6.45) is 2.01. The van der Waals surface area contributed by atoms with Crippen molar-refractivity contribution in [2.45, 2.75) is 25.2 Å². The van der Waals surface area contributed by atoms with Gasteiger partial charge >= 0.3 is 0 Å². The lowest BCUT2D eigenvalue weighted by molar-refractivity contribution is 0.537. The second kappa shape index (κ2) is 4.75. The minimum Gasteiger partial charge on any atom is -0.0533 e. The first-order valence-electron chi connectivity index (χ1n) is 6.46. The summed E-state index contributed by atoms with van der Waals surface area (Å²) in [6, 6.07) is 13.2. The van der Waals surface area contributed by atoms with Gasteiger partial charge in [-0.3, -0.25) is 0 Å². The highest BCUT2D eigenvalue weighted by Gasteiger charge is 2.38. The first-order valence-corrected chi connectivity index (χ1v) is 8.04. The van der Waals surface area contributed by atoms with Crippen molar-refractivity contribution >= 4 is 31.9 Å². The minimum atomic E-state index is 0.0694. The number of fused-ring (bicyclic) bond motifs is 3. The number of rotatable bonds is 2. The molecule has 2 aromatic carbocycles. The van der Waals surface area contributed by atoms with Crippen molar-refractivity contribution < 1.29 is 0 Å². The molecule has 0 unspecified atom stereocenters. The van der Waals surface area contributed by atoms with E-state index in [4.69, 9.17) is 0 Å². The van der Waals surface area contributed by atoms with E-state index in [9.17, 15) is 0 Å². The molecular weight excluding hydrogens is 364 g/mol. The Balaban J connectivity index is 2.32. The van der Waals surface area contributed by atoms with Crippen LogP contribution in [-0.2, 0) is 5.41 Å². The van der Waals surface area contributed by atoms with Crippen molar-refractivity contribution in [1.82, 2.24) is 0 Å². The monoisotopic (exact) mass is 377 g/mol. The SMILES string of the molecule is [CH2]CCC1(C)c2cc(Br)ccc2-c2ccc(Br)cc21. The fraction of sp³-hybridized carbons (Fsp3) is 0.235. The Hall–Kier alpha value is -0.600. The molecule has 0 amide bonds. The van der Waals surface area contributed by atoms with Crippen LogP contribution in [0.2, 0.25) is 0 Å². The summed E-state index contributed by atoms with van der Waals surface area (Å²) < 4.78 is 2.29. The highest BCUT2D eigenvalue weighted by molar-refractivity contribution is 9.10. The van der Waals surface area contributed by atoms with Gasteiger partial charge in [0.25, 0.3) is 0 Å². The van der Waals surface area contributed by atoms with E-state index >= 15 is 0 Å². The van der Waals surface area contributed by atoms with E-state index in [1.165, 1.54) is 22.3 Å². The normalized spacial score (nSPS) is 15.2. The standard InChI is InChI=1S/C17H15Br2/c1-3-8-17(2)15-9-11(18)4-6-13(15)14-7-5-12(19)10-16(14)17/h4-7,9-10H,1,3,8H2,2H3. The molecule has 97 valence electrons. The van der Waals surface area contributed by atoms with Gasteiger partial charge in [-0.05, 0) is 52.9 Å². The van der Waals surface area contributed by atoms with Crippen LogP contribution in [0.15, 0.2) is 45.3 Å². The number of hydrogen-bond acceptors (Lipinski definition) is 0. The number of halogens is 2. The largest absolute Gasteiger partial charge is 0.0533 e. The second-order valence-corrected chi connectivity index (χ2v) is 7.15. The molecule has 19 heavy (non-hydrogen) atoms. The Labute approximate surface area is 131 Å². The van der Waals surface area contributed by atoms with Crippen LogP contribution >= 0.6 is 31.9 Å². The summed E-state index contributed by atoms with van der Waals surface area (Å²) >= 11 is 7.20. The molecule has 0 nitrogen and oxygen atoms in total. The zero-order valence-electron chi connectivity index (χ0n) is 10.8. The predicted molar refractivity (Wildman–Crippen MR) is 88.3 cm³/mol. The number of hydrogen-bond donors (Lipinski definition) is 0. The van der Waals surface area contributed by atoms with Gasteiger partial charge in [0.1, 0.15) is 0 Å². The smallest absolute Gasteiger partial charge is 0.0187 e. The zero-order valence-corrected chi connectivity index (χ0v) is 14.0. The van der Waals surface area contributed by atoms with Gasteiger partial charge in [-0.1, -0.05) is 64.3 Å². The molecule has 0 saturated heterocycles. The van der Waals surface area contributed by atoms with Gasteiger partial charge in [0.2, 0.25) is 0 Å². The molecule has 1 aliphatic carbocycles. The predicted octanol–water partition coefficient (Wildman–Crippen LogP) is 6.11. The lowest BCUT2D eigenvalue weighted by Gasteiger charge is -2.27. The lowest BCUT2D eigenvalue weighted by Crippen LogP contribution is -2.20. The summed E-state index contributed by atoms with van der Waals surface area (Å²) in [5.74, 6) is 0. The first-order chi connectivity index (χ1) is 9.06. The van der Waals surface area contributed by atoms with Crippen LogP contribution in [0.5, 0.6) is 0 Å². The fourth-order valence-corrected chi connectivity index (χ4v) is 3.91. The minimum absolute atomic E-state index is 0.0694. The van der Waals surface area contributed by atoms with Crippen LogP contribution in [0.4, 0.5) is 0 Å². The Morgan fingerprint density at radius 2 is 1.42 bits per heavy atom. The van der Waals surface area contributed by atoms with Crippen LogP contribution in [0.25, 0.3) is 11.1 Å². The van der Waals surface area contributed by atoms with Gasteiger partial charge in [0, 0.05) is 14.4 Å². The molecule has 0 aromatic heterocycles. The van der Waals surface area contributed by atoms with Crippen molar-refractivity contribution in [3.8, 4) is 11.1 Å². The van der Waals surface area contributed by atoms with E-state index < -0.39 is 0 Å². The third-order valence-corrected chi connectivity index (χ3v) is 5.11. The van der Waals surface area contributed by atoms with E-state index in [2.05, 4.69) is 82.1 Å². The second-order valence-electron chi connectivity index (χ2n) is 5.32. The molecule has 0 atom stereocenters. The molecule has 2 aromatic rings. The molecule has 0 heterocycles. The molecule has 0 fully saturated rings. The summed E-state index contributed by atoms with van der Waals surface area (Å²) in [6.45, 7) is 6.40. The Bertz CT molecular complexity index is 592. The van der Waals surface area contributed by atoms with Crippen molar-refractivity contribution in [2.75, 3.05) is 0 Å². The summed E-state index contributed by atoms with van der Waals surface area (Å²) in [5, 5.41) is 0. The molecule has 0 aliphatic heterocycles. The van der Waals surface area contributed by atoms with Crippen molar-refractivity contribution in [1.29, 1.82) is 0 Å². The van der Waals surface area contributed by atoms with Crippen molar-refractivity contribution in [3.63, 3.8) is 0 Å². The zero-order chi connectivity index (χ0) is 13.6. The highest BCUT2D eigenvalue weighted by atomic mass is 79.9. The lowest BCUT2D eigenvalue weighted by atomic mass is 9.77. The van der Waals surface area contributed by atoms with Gasteiger partial charge in [-0.25, -0.2) is 0 Å². The van der Waals surface area contributed by atoms with Gasteiger partial charge in [0.05, 0.1) is 0 Å².